The van der Waals surface area contributed by atoms with Gasteiger partial charge < -0.3 is 15.2 Å². The molecule has 0 aliphatic heterocycles. The maximum Gasteiger partial charge on any atom is 0.341 e. The smallest absolute Gasteiger partial charge is 0.341 e. The van der Waals surface area contributed by atoms with E-state index in [2.05, 4.69) is 5.32 Å². The number of nitrogens with one attached hydrogen (secondary N) is 1. The highest BCUT2D eigenvalue weighted by Crippen LogP contribution is 2.45. The largest absolute Gasteiger partial charge is 0.481 e. The molecule has 128 valence electrons. The monoisotopic (exact) mass is 349 g/mol. The van der Waals surface area contributed by atoms with Crippen LogP contribution in [0, 0.1) is 23.7 Å². The van der Waals surface area contributed by atoms with E-state index in [-0.39, 0.29) is 24.3 Å². The van der Waals surface area contributed by atoms with E-state index < -0.39 is 23.8 Å². The van der Waals surface area contributed by atoms with Crippen LogP contribution in [-0.4, -0.2) is 29.6 Å². The summed E-state index contributed by atoms with van der Waals surface area (Å²) in [6.45, 7) is 1.96. The summed E-state index contributed by atoms with van der Waals surface area (Å²) >= 11 is 1.23. The van der Waals surface area contributed by atoms with Crippen molar-refractivity contribution in [2.45, 2.75) is 19.8 Å². The van der Waals surface area contributed by atoms with Crippen LogP contribution in [0.1, 0.15) is 30.1 Å². The number of ether oxygens (including phenoxy) is 1. The van der Waals surface area contributed by atoms with Crippen LogP contribution in [0.4, 0.5) is 5.00 Å². The van der Waals surface area contributed by atoms with Gasteiger partial charge in [-0.25, -0.2) is 4.79 Å². The number of aliphatic carboxylic acids is 1. The average molecular weight is 349 g/mol. The van der Waals surface area contributed by atoms with Crippen LogP contribution >= 0.6 is 11.3 Å². The third kappa shape index (κ3) is 2.96. The maximum absolute atomic E-state index is 12.7. The van der Waals surface area contributed by atoms with E-state index in [9.17, 15) is 19.5 Å². The van der Waals surface area contributed by atoms with Gasteiger partial charge in [0.25, 0.3) is 0 Å². The molecule has 1 fully saturated rings. The summed E-state index contributed by atoms with van der Waals surface area (Å²) in [7, 11) is 0. The van der Waals surface area contributed by atoms with E-state index in [0.29, 0.717) is 10.6 Å². The zero-order valence-electron chi connectivity index (χ0n) is 13.2. The zero-order chi connectivity index (χ0) is 17.3. The van der Waals surface area contributed by atoms with Crippen molar-refractivity contribution in [3.8, 4) is 0 Å². The number of hydrogen-bond acceptors (Lipinski definition) is 5. The molecule has 1 heterocycles. The molecule has 0 aromatic carbocycles. The van der Waals surface area contributed by atoms with Crippen molar-refractivity contribution < 1.29 is 24.2 Å². The minimum absolute atomic E-state index is 0.0675. The van der Waals surface area contributed by atoms with Gasteiger partial charge in [0.1, 0.15) is 5.00 Å². The van der Waals surface area contributed by atoms with Gasteiger partial charge in [0, 0.05) is 0 Å². The number of carboxylic acid groups (broad SMARTS) is 1. The van der Waals surface area contributed by atoms with Crippen LogP contribution in [0.3, 0.4) is 0 Å². The van der Waals surface area contributed by atoms with Crippen LogP contribution in [0.5, 0.6) is 0 Å². The molecular formula is C17H19NO5S. The average Bonchev–Trinajstić information content (AvgIpc) is 3.03. The molecule has 1 saturated carbocycles. The predicted octanol–water partition coefficient (Wildman–Crippen LogP) is 2.78. The Kier molecular flexibility index (Phi) is 4.71. The molecule has 1 aromatic heterocycles. The van der Waals surface area contributed by atoms with Crippen molar-refractivity contribution in [1.82, 2.24) is 0 Å². The van der Waals surface area contributed by atoms with Gasteiger partial charge in [0.15, 0.2) is 0 Å². The highest BCUT2D eigenvalue weighted by Gasteiger charge is 2.48. The zero-order valence-corrected chi connectivity index (χ0v) is 14.0. The Morgan fingerprint density at radius 3 is 2.50 bits per heavy atom. The predicted molar refractivity (Wildman–Crippen MR) is 88.9 cm³/mol. The van der Waals surface area contributed by atoms with Crippen LogP contribution in [-0.2, 0) is 14.3 Å². The molecule has 2 bridgehead atoms. The molecule has 2 N–H and O–H groups in total. The first-order chi connectivity index (χ1) is 11.5. The molecule has 1 aromatic rings. The Morgan fingerprint density at radius 1 is 1.25 bits per heavy atom. The molecular weight excluding hydrogens is 330 g/mol. The van der Waals surface area contributed by atoms with Gasteiger partial charge in [-0.05, 0) is 43.0 Å². The normalized spacial score (nSPS) is 27.7. The van der Waals surface area contributed by atoms with Gasteiger partial charge in [0.2, 0.25) is 5.91 Å². The van der Waals surface area contributed by atoms with Gasteiger partial charge in [-0.15, -0.1) is 11.3 Å². The number of allylic oxidation sites excluding steroid dienone is 2. The van der Waals surface area contributed by atoms with Crippen LogP contribution in [0.15, 0.2) is 23.6 Å². The van der Waals surface area contributed by atoms with E-state index in [1.54, 1.807) is 18.4 Å². The van der Waals surface area contributed by atoms with Crippen molar-refractivity contribution >= 4 is 34.2 Å². The standard InChI is InChI=1S/C17H19NO5S/c1-2-23-17(22)11-7-8-24-15(11)18-14(19)12-9-3-5-10(6-4-9)13(12)16(20)21/h3,5,7-10,12-13H,2,4,6H2,1H3,(H,18,19)(H,20,21)/t9-,10+,12-,13+/m1/s1. The summed E-state index contributed by atoms with van der Waals surface area (Å²) in [6.07, 6.45) is 5.50. The fourth-order valence-electron chi connectivity index (χ4n) is 3.66. The molecule has 0 spiro atoms. The number of thiophene rings is 1. The molecule has 4 atom stereocenters. The second-order valence-electron chi connectivity index (χ2n) is 6.05. The Morgan fingerprint density at radius 2 is 1.92 bits per heavy atom. The second kappa shape index (κ2) is 6.76. The SMILES string of the molecule is CCOC(=O)c1ccsc1NC(=O)[C@H]1[C@@H](C(=O)O)[C@H]2C=C[C@@H]1CC2. The van der Waals surface area contributed by atoms with E-state index in [1.807, 2.05) is 12.2 Å². The first-order valence-electron chi connectivity index (χ1n) is 7.99. The summed E-state index contributed by atoms with van der Waals surface area (Å²) in [5, 5.41) is 14.4. The first-order valence-corrected chi connectivity index (χ1v) is 8.87. The number of hydrogen-bond donors (Lipinski definition) is 2. The van der Waals surface area contributed by atoms with Gasteiger partial charge in [-0.1, -0.05) is 12.2 Å². The Hall–Kier alpha value is -2.15. The lowest BCUT2D eigenvalue weighted by molar-refractivity contribution is -0.151. The van der Waals surface area contributed by atoms with Gasteiger partial charge in [-0.3, -0.25) is 9.59 Å². The number of carbonyl (C=O) groups is 3. The fourth-order valence-corrected chi connectivity index (χ4v) is 4.44. The summed E-state index contributed by atoms with van der Waals surface area (Å²) in [6, 6.07) is 1.60. The lowest BCUT2D eigenvalue weighted by Crippen LogP contribution is -2.47. The molecule has 24 heavy (non-hydrogen) atoms. The molecule has 4 rings (SSSR count). The molecule has 1 amide bonds. The molecule has 6 nitrogen and oxygen atoms in total. The second-order valence-corrected chi connectivity index (χ2v) is 6.97. The van der Waals surface area contributed by atoms with Gasteiger partial charge >= 0.3 is 11.9 Å². The molecule has 0 unspecified atom stereocenters. The first kappa shape index (κ1) is 16.7. The molecule has 7 heteroatoms. The quantitative estimate of drug-likeness (QED) is 0.630. The van der Waals surface area contributed by atoms with Crippen LogP contribution in [0.25, 0.3) is 0 Å². The molecule has 0 saturated heterocycles. The van der Waals surface area contributed by atoms with Gasteiger partial charge in [-0.2, -0.15) is 0 Å². The third-order valence-electron chi connectivity index (χ3n) is 4.73. The topological polar surface area (TPSA) is 92.7 Å². The van der Waals surface area contributed by atoms with Crippen LogP contribution < -0.4 is 5.32 Å². The van der Waals surface area contributed by atoms with E-state index >= 15 is 0 Å². The number of rotatable bonds is 5. The maximum atomic E-state index is 12.7. The molecule has 3 aliphatic carbocycles. The lowest BCUT2D eigenvalue weighted by Gasteiger charge is -2.41. The van der Waals surface area contributed by atoms with E-state index in [1.165, 1.54) is 11.3 Å². The summed E-state index contributed by atoms with van der Waals surface area (Å²) < 4.78 is 4.97. The van der Waals surface area contributed by atoms with Crippen molar-refractivity contribution in [3.05, 3.63) is 29.2 Å². The third-order valence-corrected chi connectivity index (χ3v) is 5.56. The van der Waals surface area contributed by atoms with Crippen LogP contribution in [0.2, 0.25) is 0 Å². The molecule has 0 radical (unpaired) electrons. The van der Waals surface area contributed by atoms with Crippen molar-refractivity contribution in [2.24, 2.45) is 23.7 Å². The Bertz CT molecular complexity index is 695. The summed E-state index contributed by atoms with van der Waals surface area (Å²) in [4.78, 5) is 36.3. The Balaban J connectivity index is 1.80. The number of amides is 1. The number of anilines is 1. The van der Waals surface area contributed by atoms with E-state index in [0.717, 1.165) is 12.8 Å². The highest BCUT2D eigenvalue weighted by atomic mass is 32.1. The summed E-state index contributed by atoms with van der Waals surface area (Å²) in [5.74, 6) is -3.25. The number of carbonyl (C=O) groups excluding carboxylic acids is 2. The number of esters is 1. The lowest BCUT2D eigenvalue weighted by atomic mass is 9.62. The number of fused-ring (bicyclic) bond motifs is 2. The molecule has 3 aliphatic rings. The van der Waals surface area contributed by atoms with Crippen molar-refractivity contribution in [1.29, 1.82) is 0 Å². The minimum Gasteiger partial charge on any atom is -0.481 e. The van der Waals surface area contributed by atoms with Crippen molar-refractivity contribution in [3.63, 3.8) is 0 Å². The minimum atomic E-state index is -0.939. The Labute approximate surface area is 143 Å². The van der Waals surface area contributed by atoms with Crippen molar-refractivity contribution in [2.75, 3.05) is 11.9 Å². The number of carboxylic acids is 1. The van der Waals surface area contributed by atoms with Gasteiger partial charge in [0.05, 0.1) is 24.0 Å². The fraction of sp³-hybridized carbons (Fsp3) is 0.471. The highest BCUT2D eigenvalue weighted by molar-refractivity contribution is 7.14. The van der Waals surface area contributed by atoms with E-state index in [4.69, 9.17) is 4.74 Å². The summed E-state index contributed by atoms with van der Waals surface area (Å²) in [5.41, 5.74) is 0.304.